The van der Waals surface area contributed by atoms with Crippen molar-refractivity contribution < 1.29 is 18.3 Å². The van der Waals surface area contributed by atoms with Crippen LogP contribution >= 0.6 is 0 Å². The summed E-state index contributed by atoms with van der Waals surface area (Å²) in [5.74, 6) is 0.365. The van der Waals surface area contributed by atoms with Gasteiger partial charge in [-0.15, -0.1) is 0 Å². The topological polar surface area (TPSA) is 124 Å². The molecule has 4 aromatic rings. The highest BCUT2D eigenvalue weighted by Gasteiger charge is 2.24. The largest absolute Gasteiger partial charge is 0.383 e. The van der Waals surface area contributed by atoms with Crippen LogP contribution in [0.2, 0.25) is 0 Å². The molecule has 162 valence electrons. The Morgan fingerprint density at radius 2 is 2.03 bits per heavy atom. The van der Waals surface area contributed by atoms with Crippen molar-refractivity contribution in [2.45, 2.75) is 17.4 Å². The minimum absolute atomic E-state index is 0.0254. The van der Waals surface area contributed by atoms with Crippen molar-refractivity contribution in [3.63, 3.8) is 0 Å². The molecule has 0 unspecified atom stereocenters. The lowest BCUT2D eigenvalue weighted by molar-refractivity contribution is -0.0208. The zero-order chi connectivity index (χ0) is 22.2. The van der Waals surface area contributed by atoms with Crippen LogP contribution in [0.25, 0.3) is 16.7 Å². The monoisotopic (exact) mass is 442 g/mol. The number of methoxy groups -OCH3 is 1. The number of aliphatic hydroxyl groups is 1. The Morgan fingerprint density at radius 3 is 2.81 bits per heavy atom. The normalized spacial score (nSPS) is 13.9. The predicted octanol–water partition coefficient (Wildman–Crippen LogP) is 1.81. The molecule has 31 heavy (non-hydrogen) atoms. The molecule has 0 fully saturated rings. The summed E-state index contributed by atoms with van der Waals surface area (Å²) in [6.45, 7) is 1.72. The maximum absolute atomic E-state index is 13.0. The summed E-state index contributed by atoms with van der Waals surface area (Å²) in [5, 5.41) is 19.7. The van der Waals surface area contributed by atoms with Crippen molar-refractivity contribution in [1.82, 2.24) is 24.5 Å². The second-order valence-corrected chi connectivity index (χ2v) is 9.03. The number of anilines is 1. The molecular weight excluding hydrogens is 420 g/mol. The fraction of sp³-hybridized carbons (Fsp3) is 0.250. The van der Waals surface area contributed by atoms with Crippen LogP contribution < -0.4 is 4.72 Å². The van der Waals surface area contributed by atoms with Gasteiger partial charge in [0.15, 0.2) is 5.82 Å². The number of nitrogens with zero attached hydrogens (tertiary/aromatic N) is 5. The third-order valence-corrected chi connectivity index (χ3v) is 6.22. The highest BCUT2D eigenvalue weighted by molar-refractivity contribution is 7.92. The van der Waals surface area contributed by atoms with Gasteiger partial charge in [0.25, 0.3) is 10.0 Å². The Hall–Kier alpha value is -3.28. The third-order valence-electron chi connectivity index (χ3n) is 4.90. The number of rotatable bonds is 7. The Balaban J connectivity index is 1.65. The van der Waals surface area contributed by atoms with Crippen LogP contribution in [-0.4, -0.2) is 51.8 Å². The number of hydrogen-bond donors (Lipinski definition) is 2. The van der Waals surface area contributed by atoms with Gasteiger partial charge in [0.05, 0.1) is 36.4 Å². The van der Waals surface area contributed by atoms with Crippen molar-refractivity contribution in [3.8, 4) is 5.82 Å². The van der Waals surface area contributed by atoms with E-state index in [2.05, 4.69) is 19.9 Å². The molecule has 10 nitrogen and oxygen atoms in total. The number of aromatic nitrogens is 5. The van der Waals surface area contributed by atoms with Crippen molar-refractivity contribution in [1.29, 1.82) is 0 Å². The fourth-order valence-electron chi connectivity index (χ4n) is 3.33. The number of sulfonamides is 1. The molecule has 1 atom stereocenters. The van der Waals surface area contributed by atoms with Gasteiger partial charge in [0, 0.05) is 25.7 Å². The van der Waals surface area contributed by atoms with Gasteiger partial charge in [-0.3, -0.25) is 9.40 Å². The summed E-state index contributed by atoms with van der Waals surface area (Å²) in [4.78, 5) is 4.20. The van der Waals surface area contributed by atoms with Crippen LogP contribution in [0.5, 0.6) is 0 Å². The maximum atomic E-state index is 13.0. The van der Waals surface area contributed by atoms with Gasteiger partial charge in [-0.2, -0.15) is 10.2 Å². The van der Waals surface area contributed by atoms with Crippen LogP contribution in [0.3, 0.4) is 0 Å². The summed E-state index contributed by atoms with van der Waals surface area (Å²) in [6, 6.07) is 8.59. The van der Waals surface area contributed by atoms with Crippen molar-refractivity contribution in [2.75, 3.05) is 18.4 Å². The fourth-order valence-corrected chi connectivity index (χ4v) is 4.33. The SMILES string of the molecule is COC[C@@](C)(O)c1ccnc(-n2cc(S(=O)(=O)Nc3cccc4cnn(C)c34)cn2)c1. The van der Waals surface area contributed by atoms with E-state index < -0.39 is 15.6 Å². The Morgan fingerprint density at radius 1 is 1.23 bits per heavy atom. The number of fused-ring (bicyclic) bond motifs is 1. The standard InChI is InChI=1S/C20H22N6O4S/c1-20(27,13-30-3)15-7-8-21-18(9-15)26-12-16(11-23-26)31(28,29)24-17-6-4-5-14-10-22-25(2)19(14)17/h4-12,24,27H,13H2,1-3H3/t20-/m1/s1. The Labute approximate surface area is 179 Å². The molecule has 0 aliphatic carbocycles. The molecule has 0 saturated heterocycles. The zero-order valence-corrected chi connectivity index (χ0v) is 18.0. The Kier molecular flexibility index (Phi) is 5.25. The molecule has 0 saturated carbocycles. The molecular formula is C20H22N6O4S. The van der Waals surface area contributed by atoms with Crippen molar-refractivity contribution in [2.24, 2.45) is 7.05 Å². The van der Waals surface area contributed by atoms with Gasteiger partial charge < -0.3 is 9.84 Å². The number of ether oxygens (including phenoxy) is 1. The lowest BCUT2D eigenvalue weighted by Gasteiger charge is -2.22. The third kappa shape index (κ3) is 4.02. The minimum Gasteiger partial charge on any atom is -0.383 e. The van der Waals surface area contributed by atoms with E-state index in [0.717, 1.165) is 5.39 Å². The molecule has 2 N–H and O–H groups in total. The number of para-hydroxylation sites is 1. The minimum atomic E-state index is -3.91. The molecule has 0 aliphatic rings. The van der Waals surface area contributed by atoms with E-state index in [1.54, 1.807) is 49.1 Å². The first kappa shape index (κ1) is 21.0. The van der Waals surface area contributed by atoms with Crippen LogP contribution in [0, 0.1) is 0 Å². The van der Waals surface area contributed by atoms with Crippen molar-refractivity contribution >= 4 is 26.6 Å². The number of aryl methyl sites for hydroxylation is 1. The van der Waals surface area contributed by atoms with Gasteiger partial charge in [0.1, 0.15) is 10.5 Å². The Bertz CT molecular complexity index is 1340. The number of pyridine rings is 1. The predicted molar refractivity (Wildman–Crippen MR) is 114 cm³/mol. The van der Waals surface area contributed by atoms with Gasteiger partial charge in [-0.05, 0) is 30.7 Å². The van der Waals surface area contributed by atoms with E-state index in [1.807, 2.05) is 6.07 Å². The van der Waals surface area contributed by atoms with Gasteiger partial charge in [0.2, 0.25) is 0 Å². The highest BCUT2D eigenvalue weighted by atomic mass is 32.2. The molecule has 3 heterocycles. The number of hydrogen-bond acceptors (Lipinski definition) is 7. The summed E-state index contributed by atoms with van der Waals surface area (Å²) in [6.07, 6.45) is 5.80. The molecule has 0 aliphatic heterocycles. The number of benzene rings is 1. The lowest BCUT2D eigenvalue weighted by Crippen LogP contribution is -2.27. The lowest BCUT2D eigenvalue weighted by atomic mass is 9.98. The van der Waals surface area contributed by atoms with Crippen LogP contribution in [0.15, 0.2) is 60.0 Å². The smallest absolute Gasteiger partial charge is 0.265 e. The van der Waals surface area contributed by atoms with Gasteiger partial charge in [-0.1, -0.05) is 12.1 Å². The average Bonchev–Trinajstić information content (AvgIpc) is 3.37. The van der Waals surface area contributed by atoms with E-state index >= 15 is 0 Å². The molecule has 3 aromatic heterocycles. The van der Waals surface area contributed by atoms with Crippen LogP contribution in [0.4, 0.5) is 5.69 Å². The zero-order valence-electron chi connectivity index (χ0n) is 17.2. The van der Waals surface area contributed by atoms with E-state index in [4.69, 9.17) is 4.74 Å². The van der Waals surface area contributed by atoms with Crippen LogP contribution in [0.1, 0.15) is 12.5 Å². The van der Waals surface area contributed by atoms with Gasteiger partial charge >= 0.3 is 0 Å². The maximum Gasteiger partial charge on any atom is 0.265 e. The first-order valence-electron chi connectivity index (χ1n) is 9.38. The van der Waals surface area contributed by atoms with Crippen LogP contribution in [-0.2, 0) is 27.4 Å². The highest BCUT2D eigenvalue weighted by Crippen LogP contribution is 2.26. The quantitative estimate of drug-likeness (QED) is 0.447. The van der Waals surface area contributed by atoms with E-state index in [0.29, 0.717) is 22.6 Å². The van der Waals surface area contributed by atoms with Gasteiger partial charge in [-0.25, -0.2) is 18.1 Å². The first-order chi connectivity index (χ1) is 14.7. The molecule has 0 bridgehead atoms. The molecule has 4 rings (SSSR count). The molecule has 0 spiro atoms. The summed E-state index contributed by atoms with van der Waals surface area (Å²) < 4.78 is 36.5. The van der Waals surface area contributed by atoms with Crippen molar-refractivity contribution in [3.05, 3.63) is 60.7 Å². The van der Waals surface area contributed by atoms with E-state index in [1.165, 1.54) is 30.4 Å². The second kappa shape index (κ2) is 7.76. The molecule has 1 aromatic carbocycles. The van der Waals surface area contributed by atoms with E-state index in [9.17, 15) is 13.5 Å². The summed E-state index contributed by atoms with van der Waals surface area (Å²) >= 11 is 0. The second-order valence-electron chi connectivity index (χ2n) is 7.35. The molecule has 0 amide bonds. The summed E-state index contributed by atoms with van der Waals surface area (Å²) in [5.41, 5.74) is 0.437. The molecule has 11 heteroatoms. The summed E-state index contributed by atoms with van der Waals surface area (Å²) in [7, 11) is -0.660. The van der Waals surface area contributed by atoms with E-state index in [-0.39, 0.29) is 11.5 Å². The number of nitrogens with one attached hydrogen (secondary N) is 1. The first-order valence-corrected chi connectivity index (χ1v) is 10.9. The average molecular weight is 443 g/mol. The molecule has 0 radical (unpaired) electrons.